The second-order valence-corrected chi connectivity index (χ2v) is 5.24. The highest BCUT2D eigenvalue weighted by atomic mass is 35.5. The van der Waals surface area contributed by atoms with Gasteiger partial charge in [-0.05, 0) is 55.9 Å². The number of aryl methyl sites for hydroxylation is 1. The zero-order valence-corrected chi connectivity index (χ0v) is 13.4. The molecule has 0 aliphatic carbocycles. The number of hydrazone groups is 1. The van der Waals surface area contributed by atoms with E-state index < -0.39 is 0 Å². The van der Waals surface area contributed by atoms with Crippen LogP contribution in [0, 0.1) is 6.92 Å². The van der Waals surface area contributed by atoms with Gasteiger partial charge in [0.25, 0.3) is 0 Å². The third kappa shape index (κ3) is 4.31. The first-order valence-electron chi connectivity index (χ1n) is 6.53. The minimum Gasteiger partial charge on any atom is -0.455 e. The summed E-state index contributed by atoms with van der Waals surface area (Å²) in [6, 6.07) is 9.44. The van der Waals surface area contributed by atoms with E-state index in [1.165, 1.54) is 0 Å². The van der Waals surface area contributed by atoms with E-state index in [2.05, 4.69) is 15.8 Å². The Bertz CT molecular complexity index is 667. The maximum Gasteiger partial charge on any atom is 0.186 e. The Kier molecular flexibility index (Phi) is 5.36. The van der Waals surface area contributed by atoms with Crippen molar-refractivity contribution in [3.8, 4) is 11.3 Å². The van der Waals surface area contributed by atoms with Crippen LogP contribution in [0.2, 0.25) is 5.02 Å². The highest BCUT2D eigenvalue weighted by Gasteiger charge is 2.07. The molecule has 0 saturated heterocycles. The van der Waals surface area contributed by atoms with Gasteiger partial charge in [-0.2, -0.15) is 5.10 Å². The van der Waals surface area contributed by atoms with Crippen molar-refractivity contribution in [2.75, 3.05) is 6.54 Å². The summed E-state index contributed by atoms with van der Waals surface area (Å²) in [6.07, 6.45) is 1.58. The molecule has 2 aromatic rings. The molecule has 2 rings (SSSR count). The van der Waals surface area contributed by atoms with E-state index in [1.54, 1.807) is 6.21 Å². The lowest BCUT2D eigenvalue weighted by atomic mass is 10.1. The Morgan fingerprint density at radius 1 is 1.38 bits per heavy atom. The molecule has 21 heavy (non-hydrogen) atoms. The van der Waals surface area contributed by atoms with E-state index >= 15 is 0 Å². The first-order valence-corrected chi connectivity index (χ1v) is 7.32. The van der Waals surface area contributed by atoms with Gasteiger partial charge < -0.3 is 9.73 Å². The van der Waals surface area contributed by atoms with E-state index in [-0.39, 0.29) is 0 Å². The Balaban J connectivity index is 2.09. The van der Waals surface area contributed by atoms with Gasteiger partial charge in [0.05, 0.1) is 6.21 Å². The molecule has 1 aromatic carbocycles. The Hall–Kier alpha value is -1.85. The molecule has 0 saturated carbocycles. The molecule has 6 heteroatoms. The van der Waals surface area contributed by atoms with Gasteiger partial charge in [0.2, 0.25) is 0 Å². The molecule has 0 atom stereocenters. The largest absolute Gasteiger partial charge is 0.455 e. The first-order chi connectivity index (χ1) is 10.1. The molecule has 0 bridgehead atoms. The molecule has 0 spiro atoms. The summed E-state index contributed by atoms with van der Waals surface area (Å²) in [5.74, 6) is 1.39. The predicted molar refractivity (Wildman–Crippen MR) is 90.9 cm³/mol. The third-order valence-corrected chi connectivity index (χ3v) is 3.26. The molecule has 0 radical (unpaired) electrons. The fourth-order valence-corrected chi connectivity index (χ4v) is 2.15. The van der Waals surface area contributed by atoms with Crippen molar-refractivity contribution in [3.63, 3.8) is 0 Å². The molecule has 4 nitrogen and oxygen atoms in total. The monoisotopic (exact) mass is 321 g/mol. The summed E-state index contributed by atoms with van der Waals surface area (Å²) in [4.78, 5) is 0. The quantitative estimate of drug-likeness (QED) is 0.512. The van der Waals surface area contributed by atoms with Crippen LogP contribution in [0.1, 0.15) is 18.2 Å². The predicted octanol–water partition coefficient (Wildman–Crippen LogP) is 3.73. The number of halogens is 1. The van der Waals surface area contributed by atoms with Gasteiger partial charge in [0.15, 0.2) is 5.11 Å². The fraction of sp³-hybridized carbons (Fsp3) is 0.200. The lowest BCUT2D eigenvalue weighted by Gasteiger charge is -2.03. The summed E-state index contributed by atoms with van der Waals surface area (Å²) in [5, 5.41) is 8.10. The van der Waals surface area contributed by atoms with Gasteiger partial charge in [-0.1, -0.05) is 17.7 Å². The number of furan rings is 1. The van der Waals surface area contributed by atoms with Crippen molar-refractivity contribution in [1.82, 2.24) is 10.7 Å². The van der Waals surface area contributed by atoms with Gasteiger partial charge in [-0.15, -0.1) is 0 Å². The van der Waals surface area contributed by atoms with Crippen molar-refractivity contribution in [3.05, 3.63) is 46.7 Å². The van der Waals surface area contributed by atoms with E-state index in [1.807, 2.05) is 44.2 Å². The number of benzene rings is 1. The lowest BCUT2D eigenvalue weighted by molar-refractivity contribution is 0.574. The zero-order valence-electron chi connectivity index (χ0n) is 11.8. The minimum atomic E-state index is 0.478. The number of nitrogens with zero attached hydrogens (tertiary/aromatic N) is 1. The van der Waals surface area contributed by atoms with Crippen LogP contribution >= 0.6 is 23.8 Å². The van der Waals surface area contributed by atoms with E-state index in [4.69, 9.17) is 28.2 Å². The maximum atomic E-state index is 6.02. The van der Waals surface area contributed by atoms with Crippen molar-refractivity contribution in [2.45, 2.75) is 13.8 Å². The average Bonchev–Trinajstić information content (AvgIpc) is 2.90. The highest BCUT2D eigenvalue weighted by molar-refractivity contribution is 7.80. The van der Waals surface area contributed by atoms with Gasteiger partial charge in [-0.3, -0.25) is 5.43 Å². The number of hydrogen-bond acceptors (Lipinski definition) is 3. The molecule has 2 N–H and O–H groups in total. The second-order valence-electron chi connectivity index (χ2n) is 4.39. The lowest BCUT2D eigenvalue weighted by Crippen LogP contribution is -2.31. The highest BCUT2D eigenvalue weighted by Crippen LogP contribution is 2.27. The molecule has 0 amide bonds. The van der Waals surface area contributed by atoms with Gasteiger partial charge in [0, 0.05) is 17.1 Å². The van der Waals surface area contributed by atoms with Crippen molar-refractivity contribution < 1.29 is 4.42 Å². The maximum absolute atomic E-state index is 6.02. The van der Waals surface area contributed by atoms with Crippen molar-refractivity contribution >= 4 is 35.1 Å². The number of thiocarbonyl (C=S) groups is 1. The number of hydrogen-bond donors (Lipinski definition) is 2. The van der Waals surface area contributed by atoms with Crippen LogP contribution in [0.15, 0.2) is 39.9 Å². The molecule has 0 aliphatic heterocycles. The molecule has 0 fully saturated rings. The van der Waals surface area contributed by atoms with Crippen molar-refractivity contribution in [2.24, 2.45) is 5.10 Å². The van der Waals surface area contributed by atoms with Crippen LogP contribution in [-0.2, 0) is 0 Å². The SMILES string of the molecule is CCNC(=S)N/N=C\c1ccc(-c2cc(Cl)ccc2C)o1. The molecule has 1 heterocycles. The molecule has 0 aliphatic rings. The first kappa shape index (κ1) is 15.5. The minimum absolute atomic E-state index is 0.478. The molecular formula is C15H16ClN3OS. The van der Waals surface area contributed by atoms with Crippen LogP contribution in [0.4, 0.5) is 0 Å². The average molecular weight is 322 g/mol. The number of nitrogens with one attached hydrogen (secondary N) is 2. The van der Waals surface area contributed by atoms with Crippen molar-refractivity contribution in [1.29, 1.82) is 0 Å². The smallest absolute Gasteiger partial charge is 0.186 e. The summed E-state index contributed by atoms with van der Waals surface area (Å²) >= 11 is 11.0. The summed E-state index contributed by atoms with van der Waals surface area (Å²) in [7, 11) is 0. The van der Waals surface area contributed by atoms with Crippen LogP contribution in [0.3, 0.4) is 0 Å². The topological polar surface area (TPSA) is 49.6 Å². The molecular weight excluding hydrogens is 306 g/mol. The van der Waals surface area contributed by atoms with E-state index in [9.17, 15) is 0 Å². The van der Waals surface area contributed by atoms with E-state index in [0.717, 1.165) is 23.4 Å². The fourth-order valence-electron chi connectivity index (χ4n) is 1.78. The molecule has 110 valence electrons. The normalized spacial score (nSPS) is 10.8. The zero-order chi connectivity index (χ0) is 15.2. The summed E-state index contributed by atoms with van der Waals surface area (Å²) in [5.41, 5.74) is 4.78. The Morgan fingerprint density at radius 2 is 2.19 bits per heavy atom. The number of rotatable bonds is 4. The van der Waals surface area contributed by atoms with Crippen LogP contribution < -0.4 is 10.7 Å². The van der Waals surface area contributed by atoms with Gasteiger partial charge in [0.1, 0.15) is 11.5 Å². The molecule has 0 unspecified atom stereocenters. The van der Waals surface area contributed by atoms with Gasteiger partial charge >= 0.3 is 0 Å². The second kappa shape index (κ2) is 7.24. The Morgan fingerprint density at radius 3 is 2.95 bits per heavy atom. The van der Waals surface area contributed by atoms with Crippen LogP contribution in [-0.4, -0.2) is 17.9 Å². The van der Waals surface area contributed by atoms with Gasteiger partial charge in [-0.25, -0.2) is 0 Å². The van der Waals surface area contributed by atoms with Crippen LogP contribution in [0.5, 0.6) is 0 Å². The standard InChI is InChI=1S/C15H16ClN3OS/c1-3-17-15(21)19-18-9-12-6-7-14(20-12)13-8-11(16)5-4-10(13)2/h4-9H,3H2,1-2H3,(H2,17,19,21)/b18-9-. The summed E-state index contributed by atoms with van der Waals surface area (Å²) in [6.45, 7) is 4.72. The van der Waals surface area contributed by atoms with E-state index in [0.29, 0.717) is 15.9 Å². The summed E-state index contributed by atoms with van der Waals surface area (Å²) < 4.78 is 5.74. The third-order valence-electron chi connectivity index (χ3n) is 2.79. The van der Waals surface area contributed by atoms with Crippen LogP contribution in [0.25, 0.3) is 11.3 Å². The Labute approximate surface area is 134 Å². The molecule has 1 aromatic heterocycles.